The van der Waals surface area contributed by atoms with Crippen LogP contribution >= 0.6 is 22.7 Å². The Labute approximate surface area is 188 Å². The third-order valence-electron chi connectivity index (χ3n) is 5.58. The summed E-state index contributed by atoms with van der Waals surface area (Å²) < 4.78 is 1.22. The van der Waals surface area contributed by atoms with E-state index in [2.05, 4.69) is 17.4 Å². The van der Waals surface area contributed by atoms with Crippen molar-refractivity contribution < 1.29 is 9.59 Å². The molecule has 0 aliphatic carbocycles. The van der Waals surface area contributed by atoms with Gasteiger partial charge in [-0.25, -0.2) is 4.98 Å². The molecular weight excluding hydrogens is 426 g/mol. The Balaban J connectivity index is 1.19. The van der Waals surface area contributed by atoms with E-state index in [1.807, 2.05) is 28.5 Å². The first-order valence-electron chi connectivity index (χ1n) is 10.3. The Morgan fingerprint density at radius 2 is 1.74 bits per heavy atom. The predicted molar refractivity (Wildman–Crippen MR) is 126 cm³/mol. The molecule has 7 heteroatoms. The normalized spacial score (nSPS) is 14.6. The summed E-state index contributed by atoms with van der Waals surface area (Å²) in [6, 6.07) is 19.0. The number of amides is 2. The van der Waals surface area contributed by atoms with Crippen LogP contribution in [-0.2, 0) is 0 Å². The van der Waals surface area contributed by atoms with Crippen LogP contribution in [0.25, 0.3) is 10.2 Å². The van der Waals surface area contributed by atoms with E-state index in [0.717, 1.165) is 31.4 Å². The molecule has 1 saturated heterocycles. The quantitative estimate of drug-likeness (QED) is 0.441. The summed E-state index contributed by atoms with van der Waals surface area (Å²) in [5, 5.41) is 5.92. The van der Waals surface area contributed by atoms with E-state index in [1.54, 1.807) is 41.7 Å². The van der Waals surface area contributed by atoms with E-state index in [4.69, 9.17) is 4.98 Å². The highest BCUT2D eigenvalue weighted by Crippen LogP contribution is 2.34. The summed E-state index contributed by atoms with van der Waals surface area (Å²) in [7, 11) is 0. The number of thiazole rings is 1. The lowest BCUT2D eigenvalue weighted by molar-refractivity contribution is 0.0713. The lowest BCUT2D eigenvalue weighted by Gasteiger charge is -2.31. The van der Waals surface area contributed by atoms with Crippen molar-refractivity contribution in [3.05, 3.63) is 81.5 Å². The van der Waals surface area contributed by atoms with Gasteiger partial charge in [-0.2, -0.15) is 0 Å². The minimum Gasteiger partial charge on any atom is -0.339 e. The Morgan fingerprint density at radius 3 is 2.45 bits per heavy atom. The highest BCUT2D eigenvalue weighted by atomic mass is 32.1. The molecule has 5 rings (SSSR count). The van der Waals surface area contributed by atoms with Crippen LogP contribution in [0.15, 0.2) is 66.0 Å². The first-order chi connectivity index (χ1) is 15.2. The van der Waals surface area contributed by atoms with Crippen LogP contribution in [0.4, 0.5) is 5.69 Å². The minimum atomic E-state index is -0.133. The molecule has 4 aromatic rings. The summed E-state index contributed by atoms with van der Waals surface area (Å²) in [5.41, 5.74) is 2.39. The number of nitrogens with zero attached hydrogens (tertiary/aromatic N) is 2. The highest BCUT2D eigenvalue weighted by Gasteiger charge is 2.26. The Kier molecular flexibility index (Phi) is 5.53. The molecule has 0 saturated carbocycles. The molecule has 5 nitrogen and oxygen atoms in total. The van der Waals surface area contributed by atoms with Crippen molar-refractivity contribution in [1.82, 2.24) is 9.88 Å². The van der Waals surface area contributed by atoms with Gasteiger partial charge in [-0.15, -0.1) is 22.7 Å². The average Bonchev–Trinajstić information content (AvgIpc) is 3.49. The lowest BCUT2D eigenvalue weighted by atomic mass is 9.97. The number of thiophene rings is 1. The van der Waals surface area contributed by atoms with Crippen molar-refractivity contribution in [3.63, 3.8) is 0 Å². The predicted octanol–water partition coefficient (Wildman–Crippen LogP) is 5.63. The van der Waals surface area contributed by atoms with Crippen molar-refractivity contribution in [2.45, 2.75) is 18.8 Å². The first kappa shape index (κ1) is 19.9. The molecule has 0 radical (unpaired) electrons. The summed E-state index contributed by atoms with van der Waals surface area (Å²) in [6.07, 6.45) is 1.86. The van der Waals surface area contributed by atoms with Gasteiger partial charge < -0.3 is 10.2 Å². The van der Waals surface area contributed by atoms with Gasteiger partial charge in [-0.05, 0) is 60.7 Å². The van der Waals surface area contributed by atoms with E-state index in [0.29, 0.717) is 22.0 Å². The zero-order chi connectivity index (χ0) is 21.2. The molecular formula is C24H21N3O2S2. The number of anilines is 1. The van der Waals surface area contributed by atoms with Gasteiger partial charge in [0.1, 0.15) is 0 Å². The second-order valence-corrected chi connectivity index (χ2v) is 9.60. The maximum atomic E-state index is 12.9. The fourth-order valence-electron chi connectivity index (χ4n) is 3.87. The van der Waals surface area contributed by atoms with E-state index in [1.165, 1.54) is 21.0 Å². The number of carbonyl (C=O) groups is 2. The third kappa shape index (κ3) is 4.24. The molecule has 1 aliphatic rings. The van der Waals surface area contributed by atoms with E-state index in [9.17, 15) is 9.59 Å². The SMILES string of the molecule is O=C(Nc1ccc(C(=O)N2CCC(c3nc4ccccc4s3)CC2)cc1)c1cccs1. The molecule has 31 heavy (non-hydrogen) atoms. The van der Waals surface area contributed by atoms with E-state index >= 15 is 0 Å². The number of rotatable bonds is 4. The number of piperidine rings is 1. The van der Waals surface area contributed by atoms with Gasteiger partial charge in [0, 0.05) is 30.3 Å². The van der Waals surface area contributed by atoms with Crippen molar-refractivity contribution in [1.29, 1.82) is 0 Å². The van der Waals surface area contributed by atoms with Gasteiger partial charge >= 0.3 is 0 Å². The van der Waals surface area contributed by atoms with Crippen LogP contribution in [0.5, 0.6) is 0 Å². The number of fused-ring (bicyclic) bond motifs is 1. The zero-order valence-electron chi connectivity index (χ0n) is 16.8. The van der Waals surface area contributed by atoms with E-state index in [-0.39, 0.29) is 11.8 Å². The van der Waals surface area contributed by atoms with Crippen LogP contribution in [0.3, 0.4) is 0 Å². The molecule has 3 heterocycles. The molecule has 1 fully saturated rings. The largest absolute Gasteiger partial charge is 0.339 e. The third-order valence-corrected chi connectivity index (χ3v) is 7.64. The van der Waals surface area contributed by atoms with Gasteiger partial charge in [0.15, 0.2) is 0 Å². The van der Waals surface area contributed by atoms with Crippen LogP contribution < -0.4 is 5.32 Å². The molecule has 1 aliphatic heterocycles. The molecule has 0 spiro atoms. The average molecular weight is 448 g/mol. The Morgan fingerprint density at radius 1 is 0.968 bits per heavy atom. The molecule has 1 N–H and O–H groups in total. The maximum absolute atomic E-state index is 12.9. The maximum Gasteiger partial charge on any atom is 0.265 e. The lowest BCUT2D eigenvalue weighted by Crippen LogP contribution is -2.37. The number of nitrogens with one attached hydrogen (secondary N) is 1. The smallest absolute Gasteiger partial charge is 0.265 e. The zero-order valence-corrected chi connectivity index (χ0v) is 18.4. The number of aromatic nitrogens is 1. The van der Waals surface area contributed by atoms with Crippen molar-refractivity contribution in [2.24, 2.45) is 0 Å². The number of para-hydroxylation sites is 1. The number of benzene rings is 2. The Hall–Kier alpha value is -3.03. The summed E-state index contributed by atoms with van der Waals surface area (Å²) >= 11 is 3.17. The van der Waals surface area contributed by atoms with Crippen molar-refractivity contribution >= 4 is 50.4 Å². The van der Waals surface area contributed by atoms with Gasteiger partial charge in [0.2, 0.25) is 0 Å². The van der Waals surface area contributed by atoms with Gasteiger partial charge in [-0.1, -0.05) is 18.2 Å². The Bertz CT molecular complexity index is 1170. The number of hydrogen-bond donors (Lipinski definition) is 1. The van der Waals surface area contributed by atoms with Crippen LogP contribution in [0, 0.1) is 0 Å². The summed E-state index contributed by atoms with van der Waals surface area (Å²) in [5.74, 6) is 0.321. The number of carbonyl (C=O) groups excluding carboxylic acids is 2. The second kappa shape index (κ2) is 8.61. The molecule has 156 valence electrons. The molecule has 2 aromatic heterocycles. The monoisotopic (exact) mass is 447 g/mol. The fourth-order valence-corrected chi connectivity index (χ4v) is 5.63. The molecule has 0 atom stereocenters. The molecule has 0 unspecified atom stereocenters. The minimum absolute atomic E-state index is 0.0406. The van der Waals surface area contributed by atoms with Gasteiger partial charge in [-0.3, -0.25) is 9.59 Å². The van der Waals surface area contributed by atoms with Crippen LogP contribution in [-0.4, -0.2) is 34.8 Å². The van der Waals surface area contributed by atoms with Crippen LogP contribution in [0.2, 0.25) is 0 Å². The van der Waals surface area contributed by atoms with Crippen molar-refractivity contribution in [3.8, 4) is 0 Å². The number of hydrogen-bond acceptors (Lipinski definition) is 5. The van der Waals surface area contributed by atoms with Gasteiger partial charge in [0.05, 0.1) is 20.1 Å². The second-order valence-electron chi connectivity index (χ2n) is 7.60. The first-order valence-corrected chi connectivity index (χ1v) is 12.0. The standard InChI is InChI=1S/C24H21N3O2S2/c28-22(21-6-3-15-30-21)25-18-9-7-17(8-10-18)24(29)27-13-11-16(12-14-27)23-26-19-4-1-2-5-20(19)31-23/h1-10,15-16H,11-14H2,(H,25,28). The molecule has 2 amide bonds. The van der Waals surface area contributed by atoms with E-state index < -0.39 is 0 Å². The van der Waals surface area contributed by atoms with Crippen molar-refractivity contribution in [2.75, 3.05) is 18.4 Å². The highest BCUT2D eigenvalue weighted by molar-refractivity contribution is 7.18. The number of likely N-dealkylation sites (tertiary alicyclic amines) is 1. The van der Waals surface area contributed by atoms with Gasteiger partial charge in [0.25, 0.3) is 11.8 Å². The molecule has 0 bridgehead atoms. The topological polar surface area (TPSA) is 62.3 Å². The summed E-state index contributed by atoms with van der Waals surface area (Å²) in [4.78, 5) is 32.5. The summed E-state index contributed by atoms with van der Waals surface area (Å²) in [6.45, 7) is 1.46. The fraction of sp³-hybridized carbons (Fsp3) is 0.208. The molecule has 2 aromatic carbocycles. The van der Waals surface area contributed by atoms with Crippen LogP contribution in [0.1, 0.15) is 43.8 Å².